The van der Waals surface area contributed by atoms with Crippen LogP contribution in [0.5, 0.6) is 0 Å². The number of ether oxygens (including phenoxy) is 1. The van der Waals surface area contributed by atoms with Crippen molar-refractivity contribution in [2.24, 2.45) is 0 Å². The summed E-state index contributed by atoms with van der Waals surface area (Å²) < 4.78 is 4.99. The summed E-state index contributed by atoms with van der Waals surface area (Å²) in [5.74, 6) is -1.44. The van der Waals surface area contributed by atoms with Crippen molar-refractivity contribution in [3.05, 3.63) is 88.9 Å². The molecule has 0 atom stereocenters. The molecule has 0 unspecified atom stereocenters. The monoisotopic (exact) mass is 470 g/mol. The Hall–Kier alpha value is -3.35. The molecular weight excluding hydrogens is 451 g/mol. The highest BCUT2D eigenvalue weighted by atomic mass is 35.5. The molecule has 0 saturated carbocycles. The van der Waals surface area contributed by atoms with Gasteiger partial charge in [0.1, 0.15) is 0 Å². The van der Waals surface area contributed by atoms with E-state index in [-0.39, 0.29) is 18.7 Å². The number of para-hydroxylation sites is 2. The highest BCUT2D eigenvalue weighted by Gasteiger charge is 2.19. The van der Waals surface area contributed by atoms with Crippen molar-refractivity contribution < 1.29 is 19.1 Å². The van der Waals surface area contributed by atoms with E-state index in [1.807, 2.05) is 60.7 Å². The fourth-order valence-electron chi connectivity index (χ4n) is 2.90. The number of nitrogens with one attached hydrogen (secondary N) is 1. The van der Waals surface area contributed by atoms with Crippen LogP contribution >= 0.6 is 23.2 Å². The zero-order valence-electron chi connectivity index (χ0n) is 17.0. The number of carbonyl (C=O) groups excluding carboxylic acids is 3. The number of nitrogens with zero attached hydrogens (tertiary/aromatic N) is 1. The summed E-state index contributed by atoms with van der Waals surface area (Å²) in [6.07, 6.45) is -0.230. The van der Waals surface area contributed by atoms with E-state index in [9.17, 15) is 14.4 Å². The largest absolute Gasteiger partial charge is 0.456 e. The SMILES string of the molecule is O=C(COC(=O)CCC(=O)N(c1ccccc1)c1ccccc1)Nc1ccc(Cl)c(Cl)c1. The van der Waals surface area contributed by atoms with Crippen molar-refractivity contribution in [3.8, 4) is 0 Å². The molecule has 0 aromatic heterocycles. The summed E-state index contributed by atoms with van der Waals surface area (Å²) in [6, 6.07) is 22.9. The molecule has 8 heteroatoms. The fraction of sp³-hybridized carbons (Fsp3) is 0.125. The first-order valence-electron chi connectivity index (χ1n) is 9.77. The van der Waals surface area contributed by atoms with Gasteiger partial charge in [0.05, 0.1) is 16.5 Å². The van der Waals surface area contributed by atoms with Gasteiger partial charge in [0.2, 0.25) is 5.91 Å². The maximum Gasteiger partial charge on any atom is 0.306 e. The number of rotatable bonds is 8. The van der Waals surface area contributed by atoms with Gasteiger partial charge in [0, 0.05) is 23.5 Å². The molecule has 0 aliphatic heterocycles. The van der Waals surface area contributed by atoms with Gasteiger partial charge < -0.3 is 10.1 Å². The third-order valence-electron chi connectivity index (χ3n) is 4.39. The van der Waals surface area contributed by atoms with Gasteiger partial charge in [-0.2, -0.15) is 0 Å². The van der Waals surface area contributed by atoms with E-state index in [4.69, 9.17) is 27.9 Å². The molecule has 6 nitrogen and oxygen atoms in total. The molecule has 3 rings (SSSR count). The Morgan fingerprint density at radius 3 is 1.94 bits per heavy atom. The molecule has 0 spiro atoms. The zero-order chi connectivity index (χ0) is 22.9. The van der Waals surface area contributed by atoms with Crippen LogP contribution in [0.2, 0.25) is 10.0 Å². The molecule has 1 N–H and O–H groups in total. The maximum atomic E-state index is 12.9. The Bertz CT molecular complexity index is 1050. The lowest BCUT2D eigenvalue weighted by atomic mass is 10.2. The Morgan fingerprint density at radius 1 is 0.781 bits per heavy atom. The fourth-order valence-corrected chi connectivity index (χ4v) is 3.20. The van der Waals surface area contributed by atoms with E-state index in [1.165, 1.54) is 6.07 Å². The number of amides is 2. The second kappa shape index (κ2) is 11.3. The summed E-state index contributed by atoms with van der Waals surface area (Å²) in [6.45, 7) is -0.478. The van der Waals surface area contributed by atoms with Crippen molar-refractivity contribution in [2.75, 3.05) is 16.8 Å². The average molecular weight is 471 g/mol. The molecule has 0 heterocycles. The molecule has 0 bridgehead atoms. The summed E-state index contributed by atoms with van der Waals surface area (Å²) in [5.41, 5.74) is 1.81. The Morgan fingerprint density at radius 2 is 1.38 bits per heavy atom. The number of benzene rings is 3. The Kier molecular flexibility index (Phi) is 8.25. The molecule has 0 fully saturated rings. The van der Waals surface area contributed by atoms with Crippen LogP contribution in [0.3, 0.4) is 0 Å². The lowest BCUT2D eigenvalue weighted by Crippen LogP contribution is -2.27. The quantitative estimate of drug-likeness (QED) is 0.433. The van der Waals surface area contributed by atoms with E-state index in [0.717, 1.165) is 0 Å². The molecule has 164 valence electrons. The number of hydrogen-bond acceptors (Lipinski definition) is 4. The summed E-state index contributed by atoms with van der Waals surface area (Å²) in [7, 11) is 0. The van der Waals surface area contributed by atoms with Gasteiger partial charge in [-0.15, -0.1) is 0 Å². The van der Waals surface area contributed by atoms with E-state index >= 15 is 0 Å². The number of carbonyl (C=O) groups is 3. The normalized spacial score (nSPS) is 10.3. The molecule has 0 aliphatic carbocycles. The zero-order valence-corrected chi connectivity index (χ0v) is 18.5. The van der Waals surface area contributed by atoms with Gasteiger partial charge in [-0.3, -0.25) is 19.3 Å². The highest BCUT2D eigenvalue weighted by Crippen LogP contribution is 2.26. The van der Waals surface area contributed by atoms with Crippen LogP contribution in [0, 0.1) is 0 Å². The Labute approximate surface area is 195 Å². The number of esters is 1. The smallest absolute Gasteiger partial charge is 0.306 e. The molecule has 0 aliphatic rings. The van der Waals surface area contributed by atoms with Crippen LogP contribution in [0.15, 0.2) is 78.9 Å². The topological polar surface area (TPSA) is 75.7 Å². The van der Waals surface area contributed by atoms with E-state index in [0.29, 0.717) is 27.1 Å². The second-order valence-electron chi connectivity index (χ2n) is 6.74. The molecule has 0 radical (unpaired) electrons. The van der Waals surface area contributed by atoms with Crippen molar-refractivity contribution in [3.63, 3.8) is 0 Å². The van der Waals surface area contributed by atoms with Gasteiger partial charge in [0.15, 0.2) is 6.61 Å². The lowest BCUT2D eigenvalue weighted by molar-refractivity contribution is -0.148. The Balaban J connectivity index is 1.53. The first-order chi connectivity index (χ1) is 15.4. The molecular formula is C24H20Cl2N2O4. The molecule has 3 aromatic carbocycles. The van der Waals surface area contributed by atoms with Crippen LogP contribution in [-0.2, 0) is 19.1 Å². The third-order valence-corrected chi connectivity index (χ3v) is 5.13. The van der Waals surface area contributed by atoms with Crippen molar-refractivity contribution in [1.82, 2.24) is 0 Å². The van der Waals surface area contributed by atoms with Gasteiger partial charge in [0.25, 0.3) is 5.91 Å². The van der Waals surface area contributed by atoms with E-state index in [2.05, 4.69) is 5.32 Å². The van der Waals surface area contributed by atoms with E-state index < -0.39 is 18.5 Å². The van der Waals surface area contributed by atoms with Crippen LogP contribution in [0.25, 0.3) is 0 Å². The molecule has 3 aromatic rings. The number of halogens is 2. The van der Waals surface area contributed by atoms with E-state index in [1.54, 1.807) is 17.0 Å². The minimum absolute atomic E-state index is 0.0724. The third kappa shape index (κ3) is 6.57. The van der Waals surface area contributed by atoms with Crippen molar-refractivity contribution in [2.45, 2.75) is 12.8 Å². The first-order valence-corrected chi connectivity index (χ1v) is 10.5. The average Bonchev–Trinajstić information content (AvgIpc) is 2.80. The predicted octanol–water partition coefficient (Wildman–Crippen LogP) is 5.62. The summed E-state index contributed by atoms with van der Waals surface area (Å²) in [4.78, 5) is 38.5. The van der Waals surface area contributed by atoms with Gasteiger partial charge in [-0.05, 0) is 42.5 Å². The van der Waals surface area contributed by atoms with Crippen LogP contribution < -0.4 is 10.2 Å². The number of anilines is 3. The molecule has 2 amide bonds. The minimum Gasteiger partial charge on any atom is -0.456 e. The maximum absolute atomic E-state index is 12.9. The lowest BCUT2D eigenvalue weighted by Gasteiger charge is -2.23. The highest BCUT2D eigenvalue weighted by molar-refractivity contribution is 6.42. The van der Waals surface area contributed by atoms with Crippen LogP contribution in [-0.4, -0.2) is 24.4 Å². The van der Waals surface area contributed by atoms with Gasteiger partial charge in [-0.1, -0.05) is 59.6 Å². The number of hydrogen-bond donors (Lipinski definition) is 1. The molecule has 0 saturated heterocycles. The predicted molar refractivity (Wildman–Crippen MR) is 125 cm³/mol. The minimum atomic E-state index is -0.649. The van der Waals surface area contributed by atoms with Gasteiger partial charge >= 0.3 is 5.97 Å². The first kappa shape index (κ1) is 23.3. The second-order valence-corrected chi connectivity index (χ2v) is 7.55. The summed E-state index contributed by atoms with van der Waals surface area (Å²) in [5, 5.41) is 3.21. The van der Waals surface area contributed by atoms with Gasteiger partial charge in [-0.25, -0.2) is 0 Å². The van der Waals surface area contributed by atoms with Crippen molar-refractivity contribution in [1.29, 1.82) is 0 Å². The van der Waals surface area contributed by atoms with Crippen LogP contribution in [0.4, 0.5) is 17.1 Å². The van der Waals surface area contributed by atoms with Crippen LogP contribution in [0.1, 0.15) is 12.8 Å². The summed E-state index contributed by atoms with van der Waals surface area (Å²) >= 11 is 11.7. The van der Waals surface area contributed by atoms with Crippen molar-refractivity contribution >= 4 is 58.0 Å². The standard InChI is InChI=1S/C24H20Cl2N2O4/c25-20-12-11-17(15-21(20)26)27-22(29)16-32-24(31)14-13-23(30)28(18-7-3-1-4-8-18)19-9-5-2-6-10-19/h1-12,15H,13-14,16H2,(H,27,29). The molecule has 32 heavy (non-hydrogen) atoms.